The number of piperidine rings is 1. The molecule has 0 spiro atoms. The maximum atomic E-state index is 12.3. The zero-order valence-electron chi connectivity index (χ0n) is 10.3. The first kappa shape index (κ1) is 12.4. The van der Waals surface area contributed by atoms with Crippen molar-refractivity contribution in [2.24, 2.45) is 5.92 Å². The number of amides is 1. The van der Waals surface area contributed by atoms with Gasteiger partial charge in [-0.15, -0.1) is 0 Å². The van der Waals surface area contributed by atoms with Gasteiger partial charge in [-0.1, -0.05) is 0 Å². The van der Waals surface area contributed by atoms with Crippen molar-refractivity contribution < 1.29 is 9.53 Å². The predicted octanol–water partition coefficient (Wildman–Crippen LogP) is 1.47. The van der Waals surface area contributed by atoms with Crippen molar-refractivity contribution in [1.29, 1.82) is 5.26 Å². The molecule has 18 heavy (non-hydrogen) atoms. The van der Waals surface area contributed by atoms with E-state index in [4.69, 9.17) is 10.00 Å². The lowest BCUT2D eigenvalue weighted by Gasteiger charge is -2.29. The number of nitrogens with zero attached hydrogens (tertiary/aromatic N) is 3. The predicted molar refractivity (Wildman–Crippen MR) is 65.0 cm³/mol. The number of carbonyl (C=O) groups is 1. The molecular formula is C13H15N3O2. The van der Waals surface area contributed by atoms with Crippen LogP contribution in [0.4, 0.5) is 0 Å². The van der Waals surface area contributed by atoms with E-state index >= 15 is 0 Å². The largest absolute Gasteiger partial charge is 0.494 e. The molecule has 2 heterocycles. The van der Waals surface area contributed by atoms with E-state index in [-0.39, 0.29) is 11.8 Å². The molecule has 94 valence electrons. The standard InChI is InChI=1S/C13H15N3O2/c1-18-12-8-15-5-4-11(12)13(17)16-6-2-3-10(7-14)9-16/h4-5,8,10H,2-3,6,9H2,1H3. The highest BCUT2D eigenvalue weighted by Crippen LogP contribution is 2.22. The molecule has 0 saturated carbocycles. The molecule has 0 radical (unpaired) electrons. The summed E-state index contributed by atoms with van der Waals surface area (Å²) in [7, 11) is 1.52. The fraction of sp³-hybridized carbons (Fsp3) is 0.462. The molecule has 1 fully saturated rings. The van der Waals surface area contributed by atoms with E-state index in [2.05, 4.69) is 11.1 Å². The number of nitriles is 1. The Labute approximate surface area is 106 Å². The van der Waals surface area contributed by atoms with Crippen LogP contribution in [0.3, 0.4) is 0 Å². The summed E-state index contributed by atoms with van der Waals surface area (Å²) >= 11 is 0. The summed E-state index contributed by atoms with van der Waals surface area (Å²) in [6, 6.07) is 3.88. The number of likely N-dealkylation sites (tertiary alicyclic amines) is 1. The highest BCUT2D eigenvalue weighted by atomic mass is 16.5. The minimum absolute atomic E-state index is 0.0597. The van der Waals surface area contributed by atoms with E-state index in [0.717, 1.165) is 12.8 Å². The molecule has 0 N–H and O–H groups in total. The fourth-order valence-electron chi connectivity index (χ4n) is 2.16. The van der Waals surface area contributed by atoms with Crippen LogP contribution in [0, 0.1) is 17.2 Å². The Bertz CT molecular complexity index is 481. The SMILES string of the molecule is COc1cnccc1C(=O)N1CCCC(C#N)C1. The van der Waals surface area contributed by atoms with Gasteiger partial charge in [-0.05, 0) is 18.9 Å². The molecule has 0 bridgehead atoms. The summed E-state index contributed by atoms with van der Waals surface area (Å²) < 4.78 is 5.14. The van der Waals surface area contributed by atoms with Crippen molar-refractivity contribution in [1.82, 2.24) is 9.88 Å². The molecule has 1 saturated heterocycles. The molecule has 0 aliphatic carbocycles. The van der Waals surface area contributed by atoms with E-state index in [9.17, 15) is 4.79 Å². The van der Waals surface area contributed by atoms with Crippen molar-refractivity contribution in [3.8, 4) is 11.8 Å². The second-order valence-electron chi connectivity index (χ2n) is 4.30. The minimum atomic E-state index is -0.0887. The van der Waals surface area contributed by atoms with Crippen LogP contribution in [0.2, 0.25) is 0 Å². The first-order valence-corrected chi connectivity index (χ1v) is 5.93. The highest BCUT2D eigenvalue weighted by molar-refractivity contribution is 5.96. The number of hydrogen-bond donors (Lipinski definition) is 0. The average molecular weight is 245 g/mol. The number of carbonyl (C=O) groups excluding carboxylic acids is 1. The Morgan fingerprint density at radius 2 is 2.50 bits per heavy atom. The van der Waals surface area contributed by atoms with Gasteiger partial charge in [0.2, 0.25) is 0 Å². The summed E-state index contributed by atoms with van der Waals surface area (Å²) in [5.41, 5.74) is 0.506. The van der Waals surface area contributed by atoms with Gasteiger partial charge in [-0.25, -0.2) is 0 Å². The monoisotopic (exact) mass is 245 g/mol. The number of methoxy groups -OCH3 is 1. The van der Waals surface area contributed by atoms with E-state index in [1.54, 1.807) is 17.2 Å². The van der Waals surface area contributed by atoms with Crippen molar-refractivity contribution in [2.75, 3.05) is 20.2 Å². The van der Waals surface area contributed by atoms with Crippen molar-refractivity contribution in [3.63, 3.8) is 0 Å². The lowest BCUT2D eigenvalue weighted by molar-refractivity contribution is 0.0695. The third-order valence-corrected chi connectivity index (χ3v) is 3.13. The van der Waals surface area contributed by atoms with Crippen LogP contribution in [0.5, 0.6) is 5.75 Å². The fourth-order valence-corrected chi connectivity index (χ4v) is 2.16. The van der Waals surface area contributed by atoms with E-state index < -0.39 is 0 Å². The molecule has 2 rings (SSSR count). The summed E-state index contributed by atoms with van der Waals surface area (Å²) in [5.74, 6) is 0.325. The summed E-state index contributed by atoms with van der Waals surface area (Å²) in [6.45, 7) is 1.20. The topological polar surface area (TPSA) is 66.2 Å². The molecule has 5 heteroatoms. The molecule has 1 atom stereocenters. The van der Waals surface area contributed by atoms with Crippen LogP contribution in [0.1, 0.15) is 23.2 Å². The van der Waals surface area contributed by atoms with Crippen LogP contribution in [-0.4, -0.2) is 36.0 Å². The number of ether oxygens (including phenoxy) is 1. The second kappa shape index (κ2) is 5.50. The minimum Gasteiger partial charge on any atom is -0.494 e. The van der Waals surface area contributed by atoms with Gasteiger partial charge >= 0.3 is 0 Å². The van der Waals surface area contributed by atoms with Gasteiger partial charge < -0.3 is 9.64 Å². The Morgan fingerprint density at radius 3 is 3.22 bits per heavy atom. The number of aromatic nitrogens is 1. The Morgan fingerprint density at radius 1 is 1.67 bits per heavy atom. The van der Waals surface area contributed by atoms with Gasteiger partial charge in [-0.3, -0.25) is 9.78 Å². The van der Waals surface area contributed by atoms with Crippen LogP contribution in [-0.2, 0) is 0 Å². The lowest BCUT2D eigenvalue weighted by atomic mass is 9.99. The Kier molecular flexibility index (Phi) is 3.78. The maximum absolute atomic E-state index is 12.3. The third-order valence-electron chi connectivity index (χ3n) is 3.13. The quantitative estimate of drug-likeness (QED) is 0.791. The zero-order chi connectivity index (χ0) is 13.0. The third kappa shape index (κ3) is 2.43. The lowest BCUT2D eigenvalue weighted by Crippen LogP contribution is -2.39. The van der Waals surface area contributed by atoms with Crippen LogP contribution >= 0.6 is 0 Å². The van der Waals surface area contributed by atoms with Gasteiger partial charge in [0.25, 0.3) is 5.91 Å². The van der Waals surface area contributed by atoms with Crippen molar-refractivity contribution in [3.05, 3.63) is 24.0 Å². The number of hydrogen-bond acceptors (Lipinski definition) is 4. The Hall–Kier alpha value is -2.09. The first-order chi connectivity index (χ1) is 8.76. The Balaban J connectivity index is 2.18. The van der Waals surface area contributed by atoms with Crippen molar-refractivity contribution in [2.45, 2.75) is 12.8 Å². The molecule has 1 unspecified atom stereocenters. The second-order valence-corrected chi connectivity index (χ2v) is 4.30. The van der Waals surface area contributed by atoms with Gasteiger partial charge in [0.15, 0.2) is 0 Å². The van der Waals surface area contributed by atoms with Gasteiger partial charge in [0.05, 0.1) is 30.9 Å². The van der Waals surface area contributed by atoms with Crippen molar-refractivity contribution >= 4 is 5.91 Å². The van der Waals surface area contributed by atoms with Crippen LogP contribution in [0.25, 0.3) is 0 Å². The van der Waals surface area contributed by atoms with E-state index in [0.29, 0.717) is 24.4 Å². The summed E-state index contributed by atoms with van der Waals surface area (Å²) in [4.78, 5) is 18.0. The first-order valence-electron chi connectivity index (χ1n) is 5.93. The molecule has 1 aromatic heterocycles. The molecule has 1 amide bonds. The molecular weight excluding hydrogens is 230 g/mol. The van der Waals surface area contributed by atoms with E-state index in [1.807, 2.05) is 0 Å². The smallest absolute Gasteiger partial charge is 0.257 e. The molecule has 1 aromatic rings. The maximum Gasteiger partial charge on any atom is 0.257 e. The average Bonchev–Trinajstić information content (AvgIpc) is 2.46. The molecule has 0 aromatic carbocycles. The van der Waals surface area contributed by atoms with Crippen LogP contribution < -0.4 is 4.74 Å². The molecule has 5 nitrogen and oxygen atoms in total. The van der Waals surface area contributed by atoms with Gasteiger partial charge in [0, 0.05) is 19.3 Å². The number of pyridine rings is 1. The summed E-state index contributed by atoms with van der Waals surface area (Å²) in [6.07, 6.45) is 4.84. The highest BCUT2D eigenvalue weighted by Gasteiger charge is 2.25. The molecule has 1 aliphatic rings. The van der Waals surface area contributed by atoms with Gasteiger partial charge in [-0.2, -0.15) is 5.26 Å². The van der Waals surface area contributed by atoms with Gasteiger partial charge in [0.1, 0.15) is 5.75 Å². The van der Waals surface area contributed by atoms with E-state index in [1.165, 1.54) is 13.3 Å². The molecule has 1 aliphatic heterocycles. The number of rotatable bonds is 2. The normalized spacial score (nSPS) is 19.1. The summed E-state index contributed by atoms with van der Waals surface area (Å²) in [5, 5.41) is 8.94. The van der Waals surface area contributed by atoms with Crippen LogP contribution in [0.15, 0.2) is 18.5 Å². The zero-order valence-corrected chi connectivity index (χ0v) is 10.3.